The van der Waals surface area contributed by atoms with Crippen LogP contribution in [0.3, 0.4) is 0 Å². The molecule has 0 saturated heterocycles. The maximum absolute atomic E-state index is 11.4. The zero-order valence-electron chi connectivity index (χ0n) is 13.2. The van der Waals surface area contributed by atoms with Crippen molar-refractivity contribution < 1.29 is 14.6 Å². The first-order valence-corrected chi connectivity index (χ1v) is 7.50. The van der Waals surface area contributed by atoms with Crippen molar-refractivity contribution in [3.05, 3.63) is 66.0 Å². The van der Waals surface area contributed by atoms with Crippen LogP contribution in [-0.4, -0.2) is 47.1 Å². The lowest BCUT2D eigenvalue weighted by Gasteiger charge is -2.14. The molecule has 6 heteroatoms. The summed E-state index contributed by atoms with van der Waals surface area (Å²) in [7, 11) is 1.61. The number of amides is 1. The molecule has 1 aliphatic heterocycles. The van der Waals surface area contributed by atoms with E-state index in [-0.39, 0.29) is 0 Å². The largest absolute Gasteiger partial charge is 0.497 e. The minimum absolute atomic E-state index is 0.378. The Balaban J connectivity index is 2.09. The molecule has 0 bridgehead atoms. The third kappa shape index (κ3) is 3.27. The quantitative estimate of drug-likeness (QED) is 0.939. The molecular formula is C18H17N3O3. The summed E-state index contributed by atoms with van der Waals surface area (Å²) in [5.74, 6) is 1.17. The van der Waals surface area contributed by atoms with E-state index in [9.17, 15) is 9.90 Å². The monoisotopic (exact) mass is 323 g/mol. The Labute approximate surface area is 139 Å². The van der Waals surface area contributed by atoms with Crippen LogP contribution in [0.5, 0.6) is 5.75 Å². The Hall–Kier alpha value is -3.15. The van der Waals surface area contributed by atoms with Crippen LogP contribution < -0.4 is 4.74 Å². The predicted octanol–water partition coefficient (Wildman–Crippen LogP) is 2.91. The van der Waals surface area contributed by atoms with Gasteiger partial charge in [-0.25, -0.2) is 4.79 Å². The van der Waals surface area contributed by atoms with Crippen LogP contribution >= 0.6 is 0 Å². The van der Waals surface area contributed by atoms with Gasteiger partial charge in [0, 0.05) is 12.4 Å². The summed E-state index contributed by atoms with van der Waals surface area (Å²) < 4.78 is 5.30. The van der Waals surface area contributed by atoms with E-state index >= 15 is 0 Å². The first-order chi connectivity index (χ1) is 11.7. The van der Waals surface area contributed by atoms with E-state index in [4.69, 9.17) is 4.74 Å². The van der Waals surface area contributed by atoms with Gasteiger partial charge >= 0.3 is 6.09 Å². The molecular weight excluding hydrogens is 306 g/mol. The minimum Gasteiger partial charge on any atom is -0.497 e. The number of rotatable bonds is 4. The number of carbonyl (C=O) groups is 1. The van der Waals surface area contributed by atoms with Gasteiger partial charge in [-0.1, -0.05) is 12.1 Å². The van der Waals surface area contributed by atoms with Gasteiger partial charge in [-0.15, -0.1) is 0 Å². The molecule has 0 aliphatic carbocycles. The molecule has 122 valence electrons. The molecule has 1 amide bonds. The average molecular weight is 323 g/mol. The maximum atomic E-state index is 11.4. The molecule has 1 aliphatic rings. The number of pyridine rings is 1. The van der Waals surface area contributed by atoms with Crippen molar-refractivity contribution in [2.45, 2.75) is 0 Å². The number of benzene rings is 1. The van der Waals surface area contributed by atoms with Crippen molar-refractivity contribution >= 4 is 17.5 Å². The van der Waals surface area contributed by atoms with Gasteiger partial charge in [0.15, 0.2) is 0 Å². The van der Waals surface area contributed by atoms with E-state index < -0.39 is 6.09 Å². The second kappa shape index (κ2) is 6.95. The highest BCUT2D eigenvalue weighted by Crippen LogP contribution is 2.27. The molecule has 1 aromatic heterocycles. The highest BCUT2D eigenvalue weighted by molar-refractivity contribution is 6.08. The maximum Gasteiger partial charge on any atom is 0.413 e. The molecule has 3 rings (SSSR count). The normalized spacial score (nSPS) is 14.5. The topological polar surface area (TPSA) is 75.0 Å². The number of carboxylic acid groups (broad SMARTS) is 1. The average Bonchev–Trinajstić information content (AvgIpc) is 3.09. The van der Waals surface area contributed by atoms with Gasteiger partial charge in [0.1, 0.15) is 11.6 Å². The Morgan fingerprint density at radius 3 is 2.75 bits per heavy atom. The zero-order chi connectivity index (χ0) is 16.9. The first-order valence-electron chi connectivity index (χ1n) is 7.50. The molecule has 2 aromatic rings. The Bertz CT molecular complexity index is 800. The molecule has 2 heterocycles. The Morgan fingerprint density at radius 1 is 1.25 bits per heavy atom. The van der Waals surface area contributed by atoms with E-state index in [2.05, 4.69) is 9.98 Å². The summed E-state index contributed by atoms with van der Waals surface area (Å²) in [6.07, 6.45) is 4.21. The minimum atomic E-state index is -0.998. The third-order valence-corrected chi connectivity index (χ3v) is 3.75. The molecule has 1 N–H and O–H groups in total. The van der Waals surface area contributed by atoms with Gasteiger partial charge in [0.2, 0.25) is 0 Å². The number of ether oxygens (including phenoxy) is 1. The van der Waals surface area contributed by atoms with E-state index in [0.717, 1.165) is 22.4 Å². The SMILES string of the molecule is COc1cccc(C(=CC2=NCCN2C(=O)O)c2ccncc2)c1. The summed E-state index contributed by atoms with van der Waals surface area (Å²) in [6.45, 7) is 0.850. The van der Waals surface area contributed by atoms with Crippen LogP contribution in [-0.2, 0) is 0 Å². The van der Waals surface area contributed by atoms with Crippen LogP contribution in [0, 0.1) is 0 Å². The molecule has 6 nitrogen and oxygen atoms in total. The second-order valence-electron chi connectivity index (χ2n) is 5.20. The molecule has 0 spiro atoms. The van der Waals surface area contributed by atoms with Crippen LogP contribution in [0.15, 0.2) is 59.9 Å². The van der Waals surface area contributed by atoms with Crippen LogP contribution in [0.1, 0.15) is 11.1 Å². The van der Waals surface area contributed by atoms with Crippen LogP contribution in [0.25, 0.3) is 5.57 Å². The van der Waals surface area contributed by atoms with E-state index in [0.29, 0.717) is 18.9 Å². The number of hydrogen-bond donors (Lipinski definition) is 1. The van der Waals surface area contributed by atoms with Crippen LogP contribution in [0.4, 0.5) is 4.79 Å². The van der Waals surface area contributed by atoms with Gasteiger partial charge in [-0.05, 0) is 47.0 Å². The third-order valence-electron chi connectivity index (χ3n) is 3.75. The number of aromatic nitrogens is 1. The zero-order valence-corrected chi connectivity index (χ0v) is 13.2. The molecule has 0 saturated carbocycles. The number of methoxy groups -OCH3 is 1. The van der Waals surface area contributed by atoms with Crippen molar-refractivity contribution in [2.24, 2.45) is 4.99 Å². The number of hydrogen-bond acceptors (Lipinski definition) is 4. The molecule has 0 fully saturated rings. The highest BCUT2D eigenvalue weighted by atomic mass is 16.5. The highest BCUT2D eigenvalue weighted by Gasteiger charge is 2.22. The number of aliphatic imine (C=N–C) groups is 1. The Kier molecular flexibility index (Phi) is 4.56. The fourth-order valence-corrected chi connectivity index (χ4v) is 2.57. The van der Waals surface area contributed by atoms with E-state index in [1.165, 1.54) is 4.90 Å². The smallest absolute Gasteiger partial charge is 0.413 e. The van der Waals surface area contributed by atoms with Gasteiger partial charge in [0.25, 0.3) is 0 Å². The summed E-state index contributed by atoms with van der Waals surface area (Å²) >= 11 is 0. The molecule has 0 atom stereocenters. The van der Waals surface area contributed by atoms with Gasteiger partial charge in [-0.3, -0.25) is 14.9 Å². The number of nitrogens with zero attached hydrogens (tertiary/aromatic N) is 3. The van der Waals surface area contributed by atoms with Crippen LogP contribution in [0.2, 0.25) is 0 Å². The van der Waals surface area contributed by atoms with Gasteiger partial charge in [0.05, 0.1) is 20.2 Å². The molecule has 1 aromatic carbocycles. The van der Waals surface area contributed by atoms with Crippen molar-refractivity contribution in [3.63, 3.8) is 0 Å². The lowest BCUT2D eigenvalue weighted by Crippen LogP contribution is -2.31. The Morgan fingerprint density at radius 2 is 2.04 bits per heavy atom. The molecule has 0 unspecified atom stereocenters. The standard InChI is InChI=1S/C18H17N3O3/c1-24-15-4-2-3-14(11-15)16(13-5-7-19-8-6-13)12-17-20-9-10-21(17)18(22)23/h2-8,11-12H,9-10H2,1H3,(H,22,23). The van der Waals surface area contributed by atoms with Gasteiger partial charge in [-0.2, -0.15) is 0 Å². The number of amidine groups is 1. The fourth-order valence-electron chi connectivity index (χ4n) is 2.57. The molecule has 0 radical (unpaired) electrons. The summed E-state index contributed by atoms with van der Waals surface area (Å²) in [5.41, 5.74) is 2.71. The van der Waals surface area contributed by atoms with E-state index in [1.54, 1.807) is 25.6 Å². The summed E-state index contributed by atoms with van der Waals surface area (Å²) in [5, 5.41) is 9.31. The fraction of sp³-hybridized carbons (Fsp3) is 0.167. The van der Waals surface area contributed by atoms with Crippen molar-refractivity contribution in [2.75, 3.05) is 20.2 Å². The first kappa shape index (κ1) is 15.7. The lowest BCUT2D eigenvalue weighted by molar-refractivity contribution is 0.172. The van der Waals surface area contributed by atoms with Crippen molar-refractivity contribution in [1.29, 1.82) is 0 Å². The predicted molar refractivity (Wildman–Crippen MR) is 91.3 cm³/mol. The second-order valence-corrected chi connectivity index (χ2v) is 5.20. The van der Waals surface area contributed by atoms with Gasteiger partial charge < -0.3 is 9.84 Å². The molecule has 24 heavy (non-hydrogen) atoms. The van der Waals surface area contributed by atoms with Crippen molar-refractivity contribution in [1.82, 2.24) is 9.88 Å². The summed E-state index contributed by atoms with van der Waals surface area (Å²) in [4.78, 5) is 21.0. The summed E-state index contributed by atoms with van der Waals surface area (Å²) in [6, 6.07) is 11.4. The van der Waals surface area contributed by atoms with E-state index in [1.807, 2.05) is 36.4 Å². The lowest BCUT2D eigenvalue weighted by atomic mass is 9.98. The van der Waals surface area contributed by atoms with Crippen molar-refractivity contribution in [3.8, 4) is 5.75 Å².